The number of carboxylic acids is 1. The van der Waals surface area contributed by atoms with Crippen molar-refractivity contribution in [2.24, 2.45) is 5.73 Å². The van der Waals surface area contributed by atoms with Gasteiger partial charge >= 0.3 is 5.97 Å². The number of carbonyl (C=O) groups is 1. The molecule has 0 saturated carbocycles. The van der Waals surface area contributed by atoms with Gasteiger partial charge in [-0.3, -0.25) is 9.78 Å². The number of nitrogen functional groups attached to an aromatic ring is 1. The van der Waals surface area contributed by atoms with E-state index in [1.54, 1.807) is 0 Å². The predicted molar refractivity (Wildman–Crippen MR) is 52.8 cm³/mol. The first-order valence-corrected chi connectivity index (χ1v) is 4.43. The summed E-state index contributed by atoms with van der Waals surface area (Å²) in [7, 11) is 0. The van der Waals surface area contributed by atoms with Gasteiger partial charge in [0.05, 0.1) is 17.8 Å². The lowest BCUT2D eigenvalue weighted by Crippen LogP contribution is -2.13. The Morgan fingerprint density at radius 3 is 2.62 bits per heavy atom. The number of carboxylic acid groups (broad SMARTS) is 1. The SMILES string of the molecule is NCc1c(C(F)F)cnc(CC(=O)O)c1N. The molecule has 1 rings (SSSR count). The molecular formula is C9H11F2N3O2. The Hall–Kier alpha value is -1.76. The summed E-state index contributed by atoms with van der Waals surface area (Å²) in [4.78, 5) is 14.1. The number of rotatable bonds is 4. The van der Waals surface area contributed by atoms with Crippen LogP contribution in [0.4, 0.5) is 14.5 Å². The van der Waals surface area contributed by atoms with E-state index in [-0.39, 0.29) is 29.1 Å². The number of hydrogen-bond donors (Lipinski definition) is 3. The van der Waals surface area contributed by atoms with Crippen LogP contribution in [-0.2, 0) is 17.8 Å². The lowest BCUT2D eigenvalue weighted by atomic mass is 10.1. The maximum atomic E-state index is 12.5. The maximum Gasteiger partial charge on any atom is 0.309 e. The van der Waals surface area contributed by atoms with Crippen LogP contribution in [-0.4, -0.2) is 16.1 Å². The van der Waals surface area contributed by atoms with Crippen LogP contribution in [0, 0.1) is 0 Å². The summed E-state index contributed by atoms with van der Waals surface area (Å²) in [6.07, 6.45) is -2.23. The molecule has 7 heteroatoms. The first kappa shape index (κ1) is 12.3. The molecule has 16 heavy (non-hydrogen) atoms. The van der Waals surface area contributed by atoms with Crippen molar-refractivity contribution >= 4 is 11.7 Å². The van der Waals surface area contributed by atoms with Crippen molar-refractivity contribution < 1.29 is 18.7 Å². The van der Waals surface area contributed by atoms with E-state index in [4.69, 9.17) is 16.6 Å². The van der Waals surface area contributed by atoms with Crippen LogP contribution >= 0.6 is 0 Å². The van der Waals surface area contributed by atoms with Gasteiger partial charge in [0.1, 0.15) is 0 Å². The molecule has 0 amide bonds. The second-order valence-electron chi connectivity index (χ2n) is 3.13. The van der Waals surface area contributed by atoms with E-state index in [1.165, 1.54) is 0 Å². The van der Waals surface area contributed by atoms with Gasteiger partial charge in [0.2, 0.25) is 0 Å². The van der Waals surface area contributed by atoms with Gasteiger partial charge in [0.15, 0.2) is 0 Å². The molecular weight excluding hydrogens is 220 g/mol. The molecule has 0 aliphatic carbocycles. The van der Waals surface area contributed by atoms with Crippen molar-refractivity contribution in [3.63, 3.8) is 0 Å². The molecule has 0 unspecified atom stereocenters. The van der Waals surface area contributed by atoms with Gasteiger partial charge in [-0.2, -0.15) is 0 Å². The highest BCUT2D eigenvalue weighted by Gasteiger charge is 2.18. The largest absolute Gasteiger partial charge is 0.481 e. The number of alkyl halides is 2. The molecule has 0 bridgehead atoms. The molecule has 0 spiro atoms. The summed E-state index contributed by atoms with van der Waals surface area (Å²) in [5, 5.41) is 8.56. The third-order valence-electron chi connectivity index (χ3n) is 2.10. The second kappa shape index (κ2) is 4.84. The Bertz CT molecular complexity index is 410. The van der Waals surface area contributed by atoms with Crippen molar-refractivity contribution in [3.05, 3.63) is 23.0 Å². The van der Waals surface area contributed by atoms with Crippen molar-refractivity contribution in [1.82, 2.24) is 4.98 Å². The van der Waals surface area contributed by atoms with Crippen molar-refractivity contribution in [2.75, 3.05) is 5.73 Å². The average molecular weight is 231 g/mol. The van der Waals surface area contributed by atoms with Crippen LogP contribution in [0.5, 0.6) is 0 Å². The third kappa shape index (κ3) is 2.43. The fourth-order valence-electron chi connectivity index (χ4n) is 1.32. The van der Waals surface area contributed by atoms with Crippen LogP contribution in [0.25, 0.3) is 0 Å². The minimum Gasteiger partial charge on any atom is -0.481 e. The fraction of sp³-hybridized carbons (Fsp3) is 0.333. The Kier molecular flexibility index (Phi) is 3.73. The van der Waals surface area contributed by atoms with Crippen LogP contribution in [0.15, 0.2) is 6.20 Å². The maximum absolute atomic E-state index is 12.5. The number of pyridine rings is 1. The zero-order valence-corrected chi connectivity index (χ0v) is 8.28. The minimum atomic E-state index is -2.73. The number of anilines is 1. The molecule has 0 aliphatic heterocycles. The molecule has 1 heterocycles. The van der Waals surface area contributed by atoms with Crippen LogP contribution in [0.2, 0.25) is 0 Å². The van der Waals surface area contributed by atoms with Gasteiger partial charge in [-0.25, -0.2) is 8.78 Å². The summed E-state index contributed by atoms with van der Waals surface area (Å²) < 4.78 is 25.0. The quantitative estimate of drug-likeness (QED) is 0.707. The zero-order valence-electron chi connectivity index (χ0n) is 8.28. The van der Waals surface area contributed by atoms with E-state index in [0.29, 0.717) is 0 Å². The molecule has 0 saturated heterocycles. The Labute approximate surface area is 90.1 Å². The lowest BCUT2D eigenvalue weighted by Gasteiger charge is -2.12. The van der Waals surface area contributed by atoms with E-state index in [0.717, 1.165) is 6.20 Å². The van der Waals surface area contributed by atoms with Crippen molar-refractivity contribution in [2.45, 2.75) is 19.4 Å². The predicted octanol–water partition coefficient (Wildman–Crippen LogP) is 0.687. The topological polar surface area (TPSA) is 102 Å². The van der Waals surface area contributed by atoms with Gasteiger partial charge in [-0.1, -0.05) is 0 Å². The monoisotopic (exact) mass is 231 g/mol. The highest BCUT2D eigenvalue weighted by molar-refractivity contribution is 5.72. The molecule has 0 radical (unpaired) electrons. The van der Waals surface area contributed by atoms with Gasteiger partial charge in [0.25, 0.3) is 6.43 Å². The van der Waals surface area contributed by atoms with E-state index >= 15 is 0 Å². The van der Waals surface area contributed by atoms with Crippen molar-refractivity contribution in [3.8, 4) is 0 Å². The molecule has 1 aromatic heterocycles. The number of halogens is 2. The minimum absolute atomic E-state index is 0.0531. The highest BCUT2D eigenvalue weighted by atomic mass is 19.3. The second-order valence-corrected chi connectivity index (χ2v) is 3.13. The van der Waals surface area contributed by atoms with Gasteiger partial charge in [0, 0.05) is 23.9 Å². The summed E-state index contributed by atoms with van der Waals surface area (Å²) in [5.74, 6) is -1.13. The van der Waals surface area contributed by atoms with Crippen LogP contribution < -0.4 is 11.5 Å². The number of nitrogens with zero attached hydrogens (tertiary/aromatic N) is 1. The molecule has 0 atom stereocenters. The van der Waals surface area contributed by atoms with E-state index < -0.39 is 18.8 Å². The van der Waals surface area contributed by atoms with Gasteiger partial charge in [-0.15, -0.1) is 0 Å². The van der Waals surface area contributed by atoms with E-state index in [9.17, 15) is 13.6 Å². The van der Waals surface area contributed by atoms with E-state index in [2.05, 4.69) is 4.98 Å². The molecule has 0 fully saturated rings. The highest BCUT2D eigenvalue weighted by Crippen LogP contribution is 2.27. The number of nitrogens with two attached hydrogens (primary N) is 2. The van der Waals surface area contributed by atoms with Gasteiger partial charge in [-0.05, 0) is 0 Å². The van der Waals surface area contributed by atoms with Crippen LogP contribution in [0.1, 0.15) is 23.2 Å². The van der Waals surface area contributed by atoms with Gasteiger partial charge < -0.3 is 16.6 Å². The summed E-state index contributed by atoms with van der Waals surface area (Å²) in [6, 6.07) is 0. The van der Waals surface area contributed by atoms with Crippen molar-refractivity contribution in [1.29, 1.82) is 0 Å². The zero-order chi connectivity index (χ0) is 12.3. The summed E-state index contributed by atoms with van der Waals surface area (Å²) >= 11 is 0. The van der Waals surface area contributed by atoms with E-state index in [1.807, 2.05) is 0 Å². The molecule has 1 aromatic rings. The molecule has 88 valence electrons. The standard InChI is InChI=1S/C9H11F2N3O2/c10-9(11)5-3-14-6(1-7(15)16)8(13)4(5)2-12/h3,9H,1-2,12-13H2,(H,15,16). The summed E-state index contributed by atoms with van der Waals surface area (Å²) in [5.41, 5.74) is 10.5. The third-order valence-corrected chi connectivity index (χ3v) is 2.10. The molecule has 5 N–H and O–H groups in total. The lowest BCUT2D eigenvalue weighted by molar-refractivity contribution is -0.136. The Morgan fingerprint density at radius 2 is 2.19 bits per heavy atom. The molecule has 0 aromatic carbocycles. The molecule has 5 nitrogen and oxygen atoms in total. The smallest absolute Gasteiger partial charge is 0.309 e. The Morgan fingerprint density at radius 1 is 1.56 bits per heavy atom. The number of hydrogen-bond acceptors (Lipinski definition) is 4. The average Bonchev–Trinajstić information content (AvgIpc) is 2.19. The fourth-order valence-corrected chi connectivity index (χ4v) is 1.32. The normalized spacial score (nSPS) is 10.8. The number of aliphatic carboxylic acids is 1. The Balaban J connectivity index is 3.23. The first-order chi connectivity index (χ1) is 7.47. The first-order valence-electron chi connectivity index (χ1n) is 4.43. The van der Waals surface area contributed by atoms with Crippen LogP contribution in [0.3, 0.4) is 0 Å². The number of aromatic nitrogens is 1. The molecule has 0 aliphatic rings. The summed E-state index contributed by atoms with van der Waals surface area (Å²) in [6.45, 7) is -0.180.